The second-order valence-electron chi connectivity index (χ2n) is 6.96. The summed E-state index contributed by atoms with van der Waals surface area (Å²) in [6, 6.07) is 13.2. The van der Waals surface area contributed by atoms with Gasteiger partial charge in [-0.05, 0) is 50.1 Å². The van der Waals surface area contributed by atoms with Crippen LogP contribution in [0, 0.1) is 0 Å². The van der Waals surface area contributed by atoms with Crippen molar-refractivity contribution in [2.75, 3.05) is 29.1 Å². The maximum absolute atomic E-state index is 12.8. The van der Waals surface area contributed by atoms with Crippen molar-refractivity contribution in [1.82, 2.24) is 4.90 Å². The molecule has 0 bridgehead atoms. The summed E-state index contributed by atoms with van der Waals surface area (Å²) in [6.45, 7) is 4.27. The third kappa shape index (κ3) is 5.28. The molecule has 4 amide bonds. The van der Waals surface area contributed by atoms with E-state index < -0.39 is 6.04 Å². The first-order valence-corrected chi connectivity index (χ1v) is 9.96. The second-order valence-corrected chi connectivity index (χ2v) is 6.96. The fraction of sp³-hybridized carbons (Fsp3) is 0.318. The fourth-order valence-corrected chi connectivity index (χ4v) is 3.42. The summed E-state index contributed by atoms with van der Waals surface area (Å²) in [5.74, 6) is 0.133. The van der Waals surface area contributed by atoms with E-state index in [1.54, 1.807) is 36.4 Å². The normalized spacial score (nSPS) is 15.4. The van der Waals surface area contributed by atoms with E-state index >= 15 is 0 Å². The summed E-state index contributed by atoms with van der Waals surface area (Å²) in [4.78, 5) is 38.5. The minimum Gasteiger partial charge on any atom is -0.492 e. The summed E-state index contributed by atoms with van der Waals surface area (Å²) >= 11 is 0. The van der Waals surface area contributed by atoms with Gasteiger partial charge in [0.05, 0.1) is 12.3 Å². The molecule has 2 aromatic rings. The van der Waals surface area contributed by atoms with E-state index in [4.69, 9.17) is 4.74 Å². The van der Waals surface area contributed by atoms with Crippen LogP contribution >= 0.6 is 0 Å². The summed E-state index contributed by atoms with van der Waals surface area (Å²) in [5.41, 5.74) is 1.72. The van der Waals surface area contributed by atoms with Crippen LogP contribution in [0.2, 0.25) is 0 Å². The Hall–Kier alpha value is -3.55. The first-order chi connectivity index (χ1) is 14.5. The molecule has 1 aliphatic heterocycles. The Morgan fingerprint density at radius 1 is 1.03 bits per heavy atom. The van der Waals surface area contributed by atoms with Crippen molar-refractivity contribution < 1.29 is 19.1 Å². The number of hydrogen-bond acceptors (Lipinski definition) is 4. The molecule has 0 saturated carbocycles. The molecule has 0 spiro atoms. The van der Waals surface area contributed by atoms with E-state index in [1.165, 1.54) is 11.8 Å². The molecule has 1 heterocycles. The van der Waals surface area contributed by atoms with Gasteiger partial charge in [0.15, 0.2) is 0 Å². The van der Waals surface area contributed by atoms with Crippen LogP contribution in [-0.2, 0) is 9.59 Å². The zero-order chi connectivity index (χ0) is 21.5. The number of amides is 4. The molecular formula is C22H26N4O4. The molecule has 0 aliphatic carbocycles. The van der Waals surface area contributed by atoms with Crippen LogP contribution in [0.15, 0.2) is 48.5 Å². The Morgan fingerprint density at radius 2 is 1.77 bits per heavy atom. The molecule has 30 heavy (non-hydrogen) atoms. The van der Waals surface area contributed by atoms with Gasteiger partial charge < -0.3 is 25.6 Å². The summed E-state index contributed by atoms with van der Waals surface area (Å²) in [5, 5.41) is 8.37. The van der Waals surface area contributed by atoms with Gasteiger partial charge in [-0.1, -0.05) is 18.2 Å². The highest BCUT2D eigenvalue weighted by molar-refractivity contribution is 6.00. The van der Waals surface area contributed by atoms with Crippen LogP contribution in [-0.4, -0.2) is 41.9 Å². The molecule has 158 valence electrons. The Bertz CT molecular complexity index is 931. The van der Waals surface area contributed by atoms with E-state index in [2.05, 4.69) is 16.0 Å². The number of likely N-dealkylation sites (tertiary alicyclic amines) is 1. The molecule has 1 unspecified atom stereocenters. The van der Waals surface area contributed by atoms with Gasteiger partial charge in [-0.2, -0.15) is 0 Å². The van der Waals surface area contributed by atoms with E-state index in [9.17, 15) is 14.4 Å². The van der Waals surface area contributed by atoms with E-state index in [1.807, 2.05) is 19.1 Å². The first kappa shape index (κ1) is 21.2. The fourth-order valence-electron chi connectivity index (χ4n) is 3.42. The highest BCUT2D eigenvalue weighted by atomic mass is 16.5. The number of hydrogen-bond donors (Lipinski definition) is 3. The Balaban J connectivity index is 1.67. The zero-order valence-electron chi connectivity index (χ0n) is 17.1. The zero-order valence-corrected chi connectivity index (χ0v) is 17.1. The standard InChI is InChI=1S/C22H26N4O4/c1-3-30-20-12-5-4-10-18(20)25-22(29)26-13-7-11-19(26)21(28)24-17-9-6-8-16(14-17)23-15(2)27/h4-6,8-10,12,14,19H,3,7,11,13H2,1-2H3,(H,23,27)(H,24,28)(H,25,29). The summed E-state index contributed by atoms with van der Waals surface area (Å²) in [7, 11) is 0. The Kier molecular flexibility index (Phi) is 6.90. The average Bonchev–Trinajstić information content (AvgIpc) is 3.20. The van der Waals surface area contributed by atoms with Crippen LogP contribution in [0.5, 0.6) is 5.75 Å². The van der Waals surface area contributed by atoms with Crippen molar-refractivity contribution in [3.63, 3.8) is 0 Å². The highest BCUT2D eigenvalue weighted by Gasteiger charge is 2.34. The van der Waals surface area contributed by atoms with Crippen molar-refractivity contribution in [3.8, 4) is 5.75 Å². The number of ether oxygens (including phenoxy) is 1. The Labute approximate surface area is 175 Å². The van der Waals surface area contributed by atoms with Gasteiger partial charge in [0.2, 0.25) is 11.8 Å². The molecular weight excluding hydrogens is 384 g/mol. The Morgan fingerprint density at radius 3 is 2.50 bits per heavy atom. The molecule has 8 heteroatoms. The average molecular weight is 410 g/mol. The van der Waals surface area contributed by atoms with Crippen molar-refractivity contribution >= 4 is 34.9 Å². The molecule has 0 radical (unpaired) electrons. The predicted molar refractivity (Wildman–Crippen MR) is 116 cm³/mol. The number of benzene rings is 2. The molecule has 1 fully saturated rings. The van der Waals surface area contributed by atoms with Gasteiger partial charge in [0.25, 0.3) is 0 Å². The largest absolute Gasteiger partial charge is 0.492 e. The lowest BCUT2D eigenvalue weighted by atomic mass is 10.2. The molecule has 1 atom stereocenters. The number of carbonyl (C=O) groups is 3. The highest BCUT2D eigenvalue weighted by Crippen LogP contribution is 2.26. The number of para-hydroxylation sites is 2. The number of rotatable bonds is 6. The molecule has 1 aliphatic rings. The molecule has 3 rings (SSSR count). The SMILES string of the molecule is CCOc1ccccc1NC(=O)N1CCCC1C(=O)Nc1cccc(NC(C)=O)c1. The van der Waals surface area contributed by atoms with Gasteiger partial charge in [-0.3, -0.25) is 9.59 Å². The lowest BCUT2D eigenvalue weighted by Gasteiger charge is -2.25. The third-order valence-corrected chi connectivity index (χ3v) is 4.70. The lowest BCUT2D eigenvalue weighted by Crippen LogP contribution is -2.45. The molecule has 8 nitrogen and oxygen atoms in total. The van der Waals surface area contributed by atoms with Crippen LogP contribution in [0.1, 0.15) is 26.7 Å². The van der Waals surface area contributed by atoms with Crippen molar-refractivity contribution in [3.05, 3.63) is 48.5 Å². The smallest absolute Gasteiger partial charge is 0.322 e. The molecule has 0 aromatic heterocycles. The van der Waals surface area contributed by atoms with Gasteiger partial charge in [0.1, 0.15) is 11.8 Å². The van der Waals surface area contributed by atoms with Crippen LogP contribution in [0.4, 0.5) is 21.9 Å². The minimum absolute atomic E-state index is 0.190. The monoisotopic (exact) mass is 410 g/mol. The molecule has 2 aromatic carbocycles. The molecule has 1 saturated heterocycles. The van der Waals surface area contributed by atoms with Gasteiger partial charge in [0, 0.05) is 24.8 Å². The van der Waals surface area contributed by atoms with Crippen molar-refractivity contribution in [2.24, 2.45) is 0 Å². The van der Waals surface area contributed by atoms with Gasteiger partial charge >= 0.3 is 6.03 Å². The number of urea groups is 1. The number of nitrogens with zero attached hydrogens (tertiary/aromatic N) is 1. The quantitative estimate of drug-likeness (QED) is 0.676. The maximum atomic E-state index is 12.8. The van der Waals surface area contributed by atoms with Crippen LogP contribution < -0.4 is 20.7 Å². The van der Waals surface area contributed by atoms with E-state index in [0.717, 1.165) is 6.42 Å². The van der Waals surface area contributed by atoms with Crippen molar-refractivity contribution in [2.45, 2.75) is 32.7 Å². The second kappa shape index (κ2) is 9.78. The number of anilines is 3. The van der Waals surface area contributed by atoms with E-state index in [0.29, 0.717) is 42.4 Å². The van der Waals surface area contributed by atoms with E-state index in [-0.39, 0.29) is 17.8 Å². The summed E-state index contributed by atoms with van der Waals surface area (Å²) < 4.78 is 5.55. The topological polar surface area (TPSA) is 99.8 Å². The lowest BCUT2D eigenvalue weighted by molar-refractivity contribution is -0.119. The van der Waals surface area contributed by atoms with Crippen LogP contribution in [0.25, 0.3) is 0 Å². The maximum Gasteiger partial charge on any atom is 0.322 e. The molecule has 3 N–H and O–H groups in total. The minimum atomic E-state index is -0.575. The van der Waals surface area contributed by atoms with Crippen LogP contribution in [0.3, 0.4) is 0 Å². The van der Waals surface area contributed by atoms with Gasteiger partial charge in [-0.25, -0.2) is 4.79 Å². The first-order valence-electron chi connectivity index (χ1n) is 9.96. The third-order valence-electron chi connectivity index (χ3n) is 4.70. The summed E-state index contributed by atoms with van der Waals surface area (Å²) in [6.07, 6.45) is 1.32. The van der Waals surface area contributed by atoms with Gasteiger partial charge in [-0.15, -0.1) is 0 Å². The number of carbonyl (C=O) groups excluding carboxylic acids is 3. The predicted octanol–water partition coefficient (Wildman–Crippen LogP) is 3.68. The van der Waals surface area contributed by atoms with Crippen molar-refractivity contribution in [1.29, 1.82) is 0 Å². The number of nitrogens with one attached hydrogen (secondary N) is 3.